The van der Waals surface area contributed by atoms with E-state index in [9.17, 15) is 9.90 Å². The van der Waals surface area contributed by atoms with Crippen LogP contribution in [0.1, 0.15) is 17.5 Å². The molecule has 1 aromatic heterocycles. The fraction of sp³-hybridized carbons (Fsp3) is 0.333. The molecule has 0 aromatic carbocycles. The van der Waals surface area contributed by atoms with Crippen molar-refractivity contribution in [2.75, 3.05) is 6.61 Å². The summed E-state index contributed by atoms with van der Waals surface area (Å²) in [5, 5.41) is 13.4. The molecule has 60 valence electrons. The quantitative estimate of drug-likeness (QED) is 0.586. The molecule has 0 N–H and O–H groups in total. The van der Waals surface area contributed by atoms with Crippen LogP contribution in [0.5, 0.6) is 5.88 Å². The molecule has 0 amide bonds. The Bertz CT molecular complexity index is 255. The zero-order valence-electron chi connectivity index (χ0n) is 5.86. The highest BCUT2D eigenvalue weighted by Gasteiger charge is 2.03. The van der Waals surface area contributed by atoms with Gasteiger partial charge < -0.3 is 19.2 Å². The number of hydrogen-bond donors (Lipinski definition) is 0. The Morgan fingerprint density at radius 3 is 3.09 bits per heavy atom. The predicted molar refractivity (Wildman–Crippen MR) is 32.0 cm³/mol. The maximum Gasteiger partial charge on any atom is 0.254 e. The summed E-state index contributed by atoms with van der Waals surface area (Å²) in [4.78, 5) is 10.1. The van der Waals surface area contributed by atoms with Crippen LogP contribution in [0.2, 0.25) is 0 Å². The van der Waals surface area contributed by atoms with Gasteiger partial charge in [-0.3, -0.25) is 0 Å². The molecule has 0 aliphatic carbocycles. The first-order valence-corrected chi connectivity index (χ1v) is 3.05. The van der Waals surface area contributed by atoms with Gasteiger partial charge >= 0.3 is 0 Å². The molecule has 0 radical (unpaired) electrons. The van der Waals surface area contributed by atoms with Gasteiger partial charge in [0.15, 0.2) is 5.76 Å². The molecule has 11 heavy (non-hydrogen) atoms. The Morgan fingerprint density at radius 2 is 2.64 bits per heavy atom. The van der Waals surface area contributed by atoms with Gasteiger partial charge in [-0.1, -0.05) is 0 Å². The van der Waals surface area contributed by atoms with Gasteiger partial charge in [0.2, 0.25) is 0 Å². The first-order chi connectivity index (χ1) is 5.24. The van der Waals surface area contributed by atoms with Gasteiger partial charge in [0.05, 0.1) is 12.7 Å². The normalized spacial score (nSPS) is 9.55. The number of aromatic nitrogens is 1. The molecule has 5 nitrogen and oxygen atoms in total. The summed E-state index contributed by atoms with van der Waals surface area (Å²) in [7, 11) is 0. The Hall–Kier alpha value is -1.52. The Morgan fingerprint density at radius 1 is 1.91 bits per heavy atom. The van der Waals surface area contributed by atoms with Crippen LogP contribution in [0.15, 0.2) is 10.6 Å². The number of nitrogens with zero attached hydrogens (tertiary/aromatic N) is 1. The highest BCUT2D eigenvalue weighted by molar-refractivity contribution is 5.82. The summed E-state index contributed by atoms with van der Waals surface area (Å²) in [6.07, 6.45) is 0. The molecule has 1 heterocycles. The molecule has 0 aliphatic heterocycles. The zero-order valence-corrected chi connectivity index (χ0v) is 5.86. The van der Waals surface area contributed by atoms with Gasteiger partial charge in [0.25, 0.3) is 5.88 Å². The second kappa shape index (κ2) is 3.05. The van der Waals surface area contributed by atoms with Gasteiger partial charge in [-0.05, 0) is 12.1 Å². The lowest BCUT2D eigenvalue weighted by Gasteiger charge is -1.92. The van der Waals surface area contributed by atoms with E-state index in [1.54, 1.807) is 6.92 Å². The lowest BCUT2D eigenvalue weighted by molar-refractivity contribution is -0.257. The van der Waals surface area contributed by atoms with Crippen LogP contribution in [-0.4, -0.2) is 17.7 Å². The molecule has 0 fully saturated rings. The molecule has 0 spiro atoms. The van der Waals surface area contributed by atoms with Crippen molar-refractivity contribution >= 4 is 5.97 Å². The summed E-state index contributed by atoms with van der Waals surface area (Å²) in [5.74, 6) is -1.57. The molecule has 0 saturated carbocycles. The van der Waals surface area contributed by atoms with Crippen LogP contribution in [0, 0.1) is 0 Å². The number of carbonyl (C=O) groups excluding carboxylic acids is 1. The number of carboxylic acids is 1. The van der Waals surface area contributed by atoms with Gasteiger partial charge in [-0.2, -0.15) is 0 Å². The molecule has 5 heteroatoms. The first-order valence-electron chi connectivity index (χ1n) is 3.05. The number of rotatable bonds is 3. The average molecular weight is 156 g/mol. The topological polar surface area (TPSA) is 75.4 Å². The maximum absolute atomic E-state index is 10.1. The van der Waals surface area contributed by atoms with E-state index in [1.807, 2.05) is 0 Å². The van der Waals surface area contributed by atoms with E-state index in [0.717, 1.165) is 0 Å². The maximum atomic E-state index is 10.1. The summed E-state index contributed by atoms with van der Waals surface area (Å²) in [5.41, 5.74) is 0. The number of hydrogen-bond acceptors (Lipinski definition) is 5. The van der Waals surface area contributed by atoms with Crippen LogP contribution in [0.25, 0.3) is 0 Å². The van der Waals surface area contributed by atoms with Crippen molar-refractivity contribution in [3.05, 3.63) is 11.8 Å². The molecule has 0 atom stereocenters. The Labute approximate surface area is 62.6 Å². The van der Waals surface area contributed by atoms with Crippen LogP contribution >= 0.6 is 0 Å². The SMILES string of the molecule is CCOc1cc(C(=O)[O-])on1. The smallest absolute Gasteiger partial charge is 0.254 e. The predicted octanol–water partition coefficient (Wildman–Crippen LogP) is -0.563. The number of aromatic carboxylic acids is 1. The minimum Gasteiger partial charge on any atom is -0.541 e. The minimum atomic E-state index is -1.40. The van der Waals surface area contributed by atoms with E-state index in [4.69, 9.17) is 4.74 Å². The van der Waals surface area contributed by atoms with E-state index >= 15 is 0 Å². The van der Waals surface area contributed by atoms with E-state index in [2.05, 4.69) is 9.68 Å². The summed E-state index contributed by atoms with van der Waals surface area (Å²) < 4.78 is 9.18. The van der Waals surface area contributed by atoms with Gasteiger partial charge in [0, 0.05) is 0 Å². The lowest BCUT2D eigenvalue weighted by atomic mass is 10.5. The van der Waals surface area contributed by atoms with Crippen molar-refractivity contribution in [3.63, 3.8) is 0 Å². The van der Waals surface area contributed by atoms with E-state index in [-0.39, 0.29) is 11.6 Å². The molecular weight excluding hydrogens is 150 g/mol. The third kappa shape index (κ3) is 1.70. The zero-order chi connectivity index (χ0) is 8.27. The Balaban J connectivity index is 2.73. The molecule has 1 rings (SSSR count). The molecule has 1 aromatic rings. The van der Waals surface area contributed by atoms with Gasteiger partial charge in [-0.15, -0.1) is 0 Å². The largest absolute Gasteiger partial charge is 0.541 e. The van der Waals surface area contributed by atoms with Crippen molar-refractivity contribution in [2.45, 2.75) is 6.92 Å². The van der Waals surface area contributed by atoms with Gasteiger partial charge in [0.1, 0.15) is 5.97 Å². The highest BCUT2D eigenvalue weighted by Crippen LogP contribution is 2.09. The van der Waals surface area contributed by atoms with E-state index in [1.165, 1.54) is 6.07 Å². The molecule has 0 saturated heterocycles. The van der Waals surface area contributed by atoms with Crippen molar-refractivity contribution in [1.82, 2.24) is 5.16 Å². The minimum absolute atomic E-state index is 0.159. The van der Waals surface area contributed by atoms with Crippen molar-refractivity contribution in [2.24, 2.45) is 0 Å². The second-order valence-electron chi connectivity index (χ2n) is 1.75. The summed E-state index contributed by atoms with van der Waals surface area (Å²) in [6, 6.07) is 1.17. The first kappa shape index (κ1) is 7.59. The third-order valence-electron chi connectivity index (χ3n) is 0.982. The summed E-state index contributed by atoms with van der Waals surface area (Å²) >= 11 is 0. The summed E-state index contributed by atoms with van der Waals surface area (Å²) in [6.45, 7) is 2.17. The standard InChI is InChI=1S/C6H7NO4/c1-2-10-5-3-4(6(8)9)11-7-5/h3H,2H2,1H3,(H,8,9)/p-1. The van der Waals surface area contributed by atoms with Crippen LogP contribution in [0.3, 0.4) is 0 Å². The van der Waals surface area contributed by atoms with E-state index in [0.29, 0.717) is 6.61 Å². The molecule has 0 unspecified atom stereocenters. The number of carbonyl (C=O) groups is 1. The van der Waals surface area contributed by atoms with Crippen LogP contribution < -0.4 is 9.84 Å². The fourth-order valence-electron chi connectivity index (χ4n) is 0.571. The Kier molecular flexibility index (Phi) is 2.10. The van der Waals surface area contributed by atoms with Crippen molar-refractivity contribution < 1.29 is 19.2 Å². The van der Waals surface area contributed by atoms with Crippen LogP contribution in [0.4, 0.5) is 0 Å². The molecular formula is C6H6NO4-. The fourth-order valence-corrected chi connectivity index (χ4v) is 0.571. The monoisotopic (exact) mass is 156 g/mol. The highest BCUT2D eigenvalue weighted by atomic mass is 16.5. The number of carboxylic acid groups (broad SMARTS) is 1. The van der Waals surface area contributed by atoms with Crippen LogP contribution in [-0.2, 0) is 0 Å². The van der Waals surface area contributed by atoms with Crippen molar-refractivity contribution in [3.8, 4) is 5.88 Å². The van der Waals surface area contributed by atoms with Crippen molar-refractivity contribution in [1.29, 1.82) is 0 Å². The lowest BCUT2D eigenvalue weighted by Crippen LogP contribution is -2.21. The molecule has 0 bridgehead atoms. The molecule has 0 aliphatic rings. The second-order valence-corrected chi connectivity index (χ2v) is 1.75. The van der Waals surface area contributed by atoms with E-state index < -0.39 is 5.97 Å². The third-order valence-corrected chi connectivity index (χ3v) is 0.982. The average Bonchev–Trinajstić information content (AvgIpc) is 2.37. The number of ether oxygens (including phenoxy) is 1. The van der Waals surface area contributed by atoms with Gasteiger partial charge in [-0.25, -0.2) is 0 Å².